The highest BCUT2D eigenvalue weighted by molar-refractivity contribution is 5.92. The Hall–Kier alpha value is -1.84. The summed E-state index contributed by atoms with van der Waals surface area (Å²) in [7, 11) is 1.81. The minimum atomic E-state index is -0.0895. The van der Waals surface area contributed by atoms with Crippen LogP contribution in [0.25, 0.3) is 0 Å². The maximum atomic E-state index is 11.8. The molecule has 4 nitrogen and oxygen atoms in total. The Bertz CT molecular complexity index is 479. The quantitative estimate of drug-likeness (QED) is 0.800. The molecule has 104 valence electrons. The summed E-state index contributed by atoms with van der Waals surface area (Å²) in [6, 6.07) is 0. The van der Waals surface area contributed by atoms with Crippen molar-refractivity contribution < 1.29 is 4.79 Å². The van der Waals surface area contributed by atoms with Crippen LogP contribution in [0.15, 0.2) is 35.8 Å². The van der Waals surface area contributed by atoms with Crippen LogP contribution >= 0.6 is 0 Å². The lowest BCUT2D eigenvalue weighted by atomic mass is 10.1. The molecule has 0 aromatic carbocycles. The van der Waals surface area contributed by atoms with Crippen molar-refractivity contribution in [3.63, 3.8) is 0 Å². The van der Waals surface area contributed by atoms with Crippen molar-refractivity contribution in [2.75, 3.05) is 6.54 Å². The van der Waals surface area contributed by atoms with Gasteiger partial charge in [0.05, 0.1) is 12.5 Å². The van der Waals surface area contributed by atoms with Crippen molar-refractivity contribution in [3.05, 3.63) is 41.5 Å². The van der Waals surface area contributed by atoms with Crippen molar-refractivity contribution in [1.29, 1.82) is 0 Å². The topological polar surface area (TPSA) is 46.9 Å². The van der Waals surface area contributed by atoms with Gasteiger partial charge in [0.2, 0.25) is 0 Å². The summed E-state index contributed by atoms with van der Waals surface area (Å²) in [4.78, 5) is 15.7. The Morgan fingerprint density at radius 1 is 1.37 bits per heavy atom. The highest BCUT2D eigenvalue weighted by atomic mass is 16.1. The number of allylic oxidation sites excluding steroid dienone is 3. The summed E-state index contributed by atoms with van der Waals surface area (Å²) in [5, 5.41) is 2.86. The van der Waals surface area contributed by atoms with Gasteiger partial charge in [0.1, 0.15) is 5.69 Å². The number of nitrogens with zero attached hydrogens (tertiary/aromatic N) is 2. The van der Waals surface area contributed by atoms with Gasteiger partial charge in [0.15, 0.2) is 0 Å². The molecule has 0 atom stereocenters. The molecule has 0 aliphatic rings. The normalized spacial score (nSPS) is 11.3. The molecule has 0 fully saturated rings. The van der Waals surface area contributed by atoms with Gasteiger partial charge in [-0.05, 0) is 33.6 Å². The first kappa shape index (κ1) is 15.2. The lowest BCUT2D eigenvalue weighted by Gasteiger charge is -2.04. The van der Waals surface area contributed by atoms with Crippen LogP contribution in [0.5, 0.6) is 0 Å². The van der Waals surface area contributed by atoms with Gasteiger partial charge in [-0.15, -0.1) is 0 Å². The molecule has 1 aromatic heterocycles. The SMILES string of the molecule is CC(C)=CCC/C(C)=C/CNC(=O)c1cncn1C. The van der Waals surface area contributed by atoms with Gasteiger partial charge < -0.3 is 9.88 Å². The van der Waals surface area contributed by atoms with E-state index in [9.17, 15) is 4.79 Å². The summed E-state index contributed by atoms with van der Waals surface area (Å²) >= 11 is 0. The highest BCUT2D eigenvalue weighted by Gasteiger charge is 2.07. The number of carbonyl (C=O) groups excluding carboxylic acids is 1. The number of nitrogens with one attached hydrogen (secondary N) is 1. The van der Waals surface area contributed by atoms with Gasteiger partial charge in [-0.2, -0.15) is 0 Å². The van der Waals surface area contributed by atoms with Crippen LogP contribution in [0.3, 0.4) is 0 Å². The Kier molecular flexibility index (Phi) is 6.06. The van der Waals surface area contributed by atoms with Crippen LogP contribution in [0, 0.1) is 0 Å². The van der Waals surface area contributed by atoms with Crippen LogP contribution in [0.1, 0.15) is 44.1 Å². The molecule has 0 aliphatic heterocycles. The molecule has 1 amide bonds. The molecule has 0 unspecified atom stereocenters. The fourth-order valence-corrected chi connectivity index (χ4v) is 1.68. The van der Waals surface area contributed by atoms with E-state index in [1.807, 2.05) is 7.05 Å². The molecule has 4 heteroatoms. The molecular weight excluding hydrogens is 238 g/mol. The number of carbonyl (C=O) groups is 1. The number of imidazole rings is 1. The fourth-order valence-electron chi connectivity index (χ4n) is 1.68. The van der Waals surface area contributed by atoms with Gasteiger partial charge in [0.25, 0.3) is 5.91 Å². The first-order chi connectivity index (χ1) is 9.00. The maximum absolute atomic E-state index is 11.8. The van der Waals surface area contributed by atoms with Crippen LogP contribution in [0.2, 0.25) is 0 Å². The van der Waals surface area contributed by atoms with Crippen molar-refractivity contribution in [2.45, 2.75) is 33.6 Å². The first-order valence-corrected chi connectivity index (χ1v) is 6.54. The van der Waals surface area contributed by atoms with E-state index >= 15 is 0 Å². The van der Waals surface area contributed by atoms with Gasteiger partial charge in [0, 0.05) is 13.6 Å². The van der Waals surface area contributed by atoms with E-state index in [-0.39, 0.29) is 5.91 Å². The summed E-state index contributed by atoms with van der Waals surface area (Å²) in [5.74, 6) is -0.0895. The summed E-state index contributed by atoms with van der Waals surface area (Å²) in [5.41, 5.74) is 3.22. The molecule has 0 radical (unpaired) electrons. The van der Waals surface area contributed by atoms with Crippen LogP contribution < -0.4 is 5.32 Å². The van der Waals surface area contributed by atoms with Crippen LogP contribution in [0.4, 0.5) is 0 Å². The molecule has 1 heterocycles. The number of hydrogen-bond acceptors (Lipinski definition) is 2. The van der Waals surface area contributed by atoms with E-state index in [1.54, 1.807) is 17.1 Å². The average molecular weight is 261 g/mol. The Balaban J connectivity index is 2.35. The molecule has 0 saturated heterocycles. The largest absolute Gasteiger partial charge is 0.347 e. The van der Waals surface area contributed by atoms with Crippen molar-refractivity contribution in [2.24, 2.45) is 7.05 Å². The Morgan fingerprint density at radius 3 is 2.68 bits per heavy atom. The highest BCUT2D eigenvalue weighted by Crippen LogP contribution is 2.06. The van der Waals surface area contributed by atoms with E-state index in [0.29, 0.717) is 12.2 Å². The second-order valence-corrected chi connectivity index (χ2v) is 4.97. The average Bonchev–Trinajstić information content (AvgIpc) is 2.75. The van der Waals surface area contributed by atoms with E-state index < -0.39 is 0 Å². The zero-order valence-corrected chi connectivity index (χ0v) is 12.2. The molecule has 0 aliphatic carbocycles. The minimum Gasteiger partial charge on any atom is -0.347 e. The van der Waals surface area contributed by atoms with Crippen molar-refractivity contribution in [3.8, 4) is 0 Å². The van der Waals surface area contributed by atoms with Crippen molar-refractivity contribution >= 4 is 5.91 Å². The monoisotopic (exact) mass is 261 g/mol. The molecule has 1 rings (SSSR count). The maximum Gasteiger partial charge on any atom is 0.269 e. The number of aryl methyl sites for hydroxylation is 1. The van der Waals surface area contributed by atoms with Gasteiger partial charge >= 0.3 is 0 Å². The van der Waals surface area contributed by atoms with E-state index in [4.69, 9.17) is 0 Å². The summed E-state index contributed by atoms with van der Waals surface area (Å²) < 4.78 is 1.71. The third kappa shape index (κ3) is 5.55. The number of rotatable bonds is 6. The van der Waals surface area contributed by atoms with Gasteiger partial charge in [-0.1, -0.05) is 23.3 Å². The first-order valence-electron chi connectivity index (χ1n) is 6.54. The third-order valence-electron chi connectivity index (χ3n) is 2.85. The van der Waals surface area contributed by atoms with Crippen molar-refractivity contribution in [1.82, 2.24) is 14.9 Å². The zero-order valence-electron chi connectivity index (χ0n) is 12.2. The molecule has 1 aromatic rings. The van der Waals surface area contributed by atoms with E-state index in [2.05, 4.69) is 43.2 Å². The third-order valence-corrected chi connectivity index (χ3v) is 2.85. The second kappa shape index (κ2) is 7.56. The van der Waals surface area contributed by atoms with Gasteiger partial charge in [-0.25, -0.2) is 4.98 Å². The number of amides is 1. The van der Waals surface area contributed by atoms with Crippen LogP contribution in [-0.2, 0) is 7.05 Å². The second-order valence-electron chi connectivity index (χ2n) is 4.97. The smallest absolute Gasteiger partial charge is 0.269 e. The summed E-state index contributed by atoms with van der Waals surface area (Å²) in [6.45, 7) is 6.86. The Morgan fingerprint density at radius 2 is 2.11 bits per heavy atom. The fraction of sp³-hybridized carbons (Fsp3) is 0.467. The lowest BCUT2D eigenvalue weighted by molar-refractivity contribution is 0.0950. The van der Waals surface area contributed by atoms with E-state index in [0.717, 1.165) is 12.8 Å². The van der Waals surface area contributed by atoms with Crippen LogP contribution in [-0.4, -0.2) is 22.0 Å². The zero-order chi connectivity index (χ0) is 14.3. The predicted octanol–water partition coefficient (Wildman–Crippen LogP) is 2.84. The number of hydrogen-bond donors (Lipinski definition) is 1. The molecule has 1 N–H and O–H groups in total. The summed E-state index contributed by atoms with van der Waals surface area (Å²) in [6.07, 6.45) is 9.57. The molecule has 0 bridgehead atoms. The molecular formula is C15H23N3O. The predicted molar refractivity (Wildman–Crippen MR) is 78.0 cm³/mol. The molecule has 0 spiro atoms. The minimum absolute atomic E-state index is 0.0895. The number of aromatic nitrogens is 2. The van der Waals surface area contributed by atoms with Gasteiger partial charge in [-0.3, -0.25) is 4.79 Å². The molecule has 19 heavy (non-hydrogen) atoms. The standard InChI is InChI=1S/C15H23N3O/c1-12(2)6-5-7-13(3)8-9-17-15(19)14-10-16-11-18(14)4/h6,8,10-11H,5,7,9H2,1-4H3,(H,17,19)/b13-8+. The molecule has 0 saturated carbocycles. The lowest BCUT2D eigenvalue weighted by Crippen LogP contribution is -2.25. The van der Waals surface area contributed by atoms with E-state index in [1.165, 1.54) is 11.1 Å². The Labute approximate surface area is 115 Å².